The number of aliphatic hydroxyl groups excluding tert-OH is 1. The molecule has 28 heavy (non-hydrogen) atoms. The third-order valence-corrected chi connectivity index (χ3v) is 5.00. The highest BCUT2D eigenvalue weighted by Gasteiger charge is 2.16. The SMILES string of the molecule is CC(=O)N(CCC1=CCc2ccccc21)Cc1ccc(/C=C/C(=O)CO)cc1. The van der Waals surface area contributed by atoms with Gasteiger partial charge in [0.1, 0.15) is 6.61 Å². The first-order chi connectivity index (χ1) is 13.6. The Morgan fingerprint density at radius 1 is 1.11 bits per heavy atom. The van der Waals surface area contributed by atoms with Crippen LogP contribution in [-0.2, 0) is 22.6 Å². The molecule has 0 saturated heterocycles. The van der Waals surface area contributed by atoms with Gasteiger partial charge >= 0.3 is 0 Å². The molecule has 0 unspecified atom stereocenters. The van der Waals surface area contributed by atoms with Crippen molar-refractivity contribution in [1.82, 2.24) is 4.90 Å². The lowest BCUT2D eigenvalue weighted by Gasteiger charge is -2.22. The molecule has 1 aliphatic carbocycles. The number of ketones is 1. The van der Waals surface area contributed by atoms with Crippen LogP contribution in [0.1, 0.15) is 35.6 Å². The van der Waals surface area contributed by atoms with Gasteiger partial charge in [-0.15, -0.1) is 0 Å². The van der Waals surface area contributed by atoms with Crippen molar-refractivity contribution in [2.24, 2.45) is 0 Å². The van der Waals surface area contributed by atoms with E-state index in [1.54, 1.807) is 13.0 Å². The Morgan fingerprint density at radius 3 is 2.57 bits per heavy atom. The molecule has 0 atom stereocenters. The zero-order chi connectivity index (χ0) is 19.9. The molecular weight excluding hydrogens is 350 g/mol. The molecule has 4 nitrogen and oxygen atoms in total. The van der Waals surface area contributed by atoms with Gasteiger partial charge in [-0.05, 0) is 46.7 Å². The van der Waals surface area contributed by atoms with E-state index in [1.165, 1.54) is 22.8 Å². The number of carbonyl (C=O) groups is 2. The van der Waals surface area contributed by atoms with E-state index in [0.29, 0.717) is 13.1 Å². The Labute approximate surface area is 165 Å². The Balaban J connectivity index is 1.60. The van der Waals surface area contributed by atoms with E-state index in [0.717, 1.165) is 24.0 Å². The molecule has 2 aromatic carbocycles. The maximum Gasteiger partial charge on any atom is 0.219 e. The molecule has 0 fully saturated rings. The highest BCUT2D eigenvalue weighted by Crippen LogP contribution is 2.29. The van der Waals surface area contributed by atoms with Crippen LogP contribution < -0.4 is 0 Å². The minimum atomic E-state index is -0.483. The van der Waals surface area contributed by atoms with Crippen molar-refractivity contribution < 1.29 is 14.7 Å². The summed E-state index contributed by atoms with van der Waals surface area (Å²) < 4.78 is 0. The van der Waals surface area contributed by atoms with Crippen molar-refractivity contribution >= 4 is 23.3 Å². The van der Waals surface area contributed by atoms with Crippen molar-refractivity contribution in [3.05, 3.63) is 82.9 Å². The molecule has 1 amide bonds. The summed E-state index contributed by atoms with van der Waals surface area (Å²) >= 11 is 0. The largest absolute Gasteiger partial charge is 0.388 e. The number of rotatable bonds is 8. The van der Waals surface area contributed by atoms with E-state index in [1.807, 2.05) is 29.2 Å². The number of aliphatic hydroxyl groups is 1. The van der Waals surface area contributed by atoms with Gasteiger partial charge in [0.2, 0.25) is 5.91 Å². The average molecular weight is 375 g/mol. The summed E-state index contributed by atoms with van der Waals surface area (Å²) in [6.07, 6.45) is 7.12. The topological polar surface area (TPSA) is 57.6 Å². The zero-order valence-electron chi connectivity index (χ0n) is 16.1. The summed E-state index contributed by atoms with van der Waals surface area (Å²) in [5, 5.41) is 8.75. The second-order valence-corrected chi connectivity index (χ2v) is 6.98. The molecule has 0 saturated carbocycles. The normalized spacial score (nSPS) is 12.7. The van der Waals surface area contributed by atoms with Gasteiger partial charge in [-0.3, -0.25) is 9.59 Å². The van der Waals surface area contributed by atoms with Crippen LogP contribution in [0.3, 0.4) is 0 Å². The molecule has 0 bridgehead atoms. The molecular formula is C24H25NO3. The van der Waals surface area contributed by atoms with Gasteiger partial charge in [-0.2, -0.15) is 0 Å². The number of benzene rings is 2. The lowest BCUT2D eigenvalue weighted by Crippen LogP contribution is -2.29. The molecule has 1 aliphatic rings. The summed E-state index contributed by atoms with van der Waals surface area (Å²) in [6, 6.07) is 16.2. The van der Waals surface area contributed by atoms with Crippen LogP contribution in [0.25, 0.3) is 11.6 Å². The standard InChI is InChI=1S/C24H25NO3/c1-18(27)25(15-14-22-12-11-21-4-2-3-5-24(21)22)16-20-8-6-19(7-9-20)10-13-23(28)17-26/h2-10,12-13,26H,11,14-17H2,1H3/b13-10+. The average Bonchev–Trinajstić information content (AvgIpc) is 3.13. The van der Waals surface area contributed by atoms with E-state index in [4.69, 9.17) is 5.11 Å². The second kappa shape index (κ2) is 9.29. The molecule has 0 aliphatic heterocycles. The summed E-state index contributed by atoms with van der Waals surface area (Å²) in [6.45, 7) is 2.36. The maximum atomic E-state index is 12.1. The van der Waals surface area contributed by atoms with Gasteiger partial charge in [0.15, 0.2) is 5.78 Å². The lowest BCUT2D eigenvalue weighted by atomic mass is 10.0. The minimum Gasteiger partial charge on any atom is -0.388 e. The summed E-state index contributed by atoms with van der Waals surface area (Å²) in [4.78, 5) is 25.1. The van der Waals surface area contributed by atoms with Crippen LogP contribution >= 0.6 is 0 Å². The quantitative estimate of drug-likeness (QED) is 0.717. The number of fused-ring (bicyclic) bond motifs is 1. The van der Waals surface area contributed by atoms with Crippen molar-refractivity contribution in [3.63, 3.8) is 0 Å². The molecule has 4 heteroatoms. The van der Waals surface area contributed by atoms with Gasteiger partial charge in [0, 0.05) is 20.0 Å². The number of carbonyl (C=O) groups excluding carboxylic acids is 2. The third kappa shape index (κ3) is 5.05. The predicted octanol–water partition coefficient (Wildman–Crippen LogP) is 3.64. The monoisotopic (exact) mass is 375 g/mol. The van der Waals surface area contributed by atoms with Crippen molar-refractivity contribution in [2.75, 3.05) is 13.2 Å². The smallest absolute Gasteiger partial charge is 0.219 e. The number of allylic oxidation sites excluding steroid dienone is 1. The lowest BCUT2D eigenvalue weighted by molar-refractivity contribution is -0.129. The van der Waals surface area contributed by atoms with Crippen molar-refractivity contribution in [1.29, 1.82) is 0 Å². The molecule has 2 aromatic rings. The molecule has 3 rings (SSSR count). The van der Waals surface area contributed by atoms with Crippen LogP contribution in [0.4, 0.5) is 0 Å². The van der Waals surface area contributed by atoms with Crippen LogP contribution in [-0.4, -0.2) is 34.8 Å². The van der Waals surface area contributed by atoms with E-state index < -0.39 is 6.61 Å². The predicted molar refractivity (Wildman–Crippen MR) is 111 cm³/mol. The maximum absolute atomic E-state index is 12.1. The summed E-state index contributed by atoms with van der Waals surface area (Å²) in [5.74, 6) is -0.265. The minimum absolute atomic E-state index is 0.0596. The van der Waals surface area contributed by atoms with Crippen LogP contribution in [0.5, 0.6) is 0 Å². The Morgan fingerprint density at radius 2 is 1.86 bits per heavy atom. The van der Waals surface area contributed by atoms with Gasteiger partial charge in [0.05, 0.1) is 0 Å². The van der Waals surface area contributed by atoms with Gasteiger partial charge in [0.25, 0.3) is 0 Å². The van der Waals surface area contributed by atoms with Crippen LogP contribution in [0.2, 0.25) is 0 Å². The Kier molecular flexibility index (Phi) is 6.56. The summed E-state index contributed by atoms with van der Waals surface area (Å²) in [5.41, 5.74) is 5.90. The Bertz CT molecular complexity index is 910. The van der Waals surface area contributed by atoms with E-state index >= 15 is 0 Å². The number of nitrogens with zero attached hydrogens (tertiary/aromatic N) is 1. The summed E-state index contributed by atoms with van der Waals surface area (Å²) in [7, 11) is 0. The fourth-order valence-electron chi connectivity index (χ4n) is 3.39. The molecule has 0 aromatic heterocycles. The van der Waals surface area contributed by atoms with E-state index in [2.05, 4.69) is 30.3 Å². The highest BCUT2D eigenvalue weighted by molar-refractivity contribution is 5.94. The molecule has 0 heterocycles. The van der Waals surface area contributed by atoms with Crippen molar-refractivity contribution in [3.8, 4) is 0 Å². The Hall–Kier alpha value is -2.98. The van der Waals surface area contributed by atoms with E-state index in [9.17, 15) is 9.59 Å². The van der Waals surface area contributed by atoms with Gasteiger partial charge in [-0.25, -0.2) is 0 Å². The molecule has 0 radical (unpaired) electrons. The zero-order valence-corrected chi connectivity index (χ0v) is 16.1. The highest BCUT2D eigenvalue weighted by atomic mass is 16.3. The number of hydrogen-bond donors (Lipinski definition) is 1. The second-order valence-electron chi connectivity index (χ2n) is 6.98. The number of amides is 1. The first-order valence-electron chi connectivity index (χ1n) is 9.50. The fraction of sp³-hybridized carbons (Fsp3) is 0.250. The fourth-order valence-corrected chi connectivity index (χ4v) is 3.39. The van der Waals surface area contributed by atoms with E-state index in [-0.39, 0.29) is 11.7 Å². The first-order valence-corrected chi connectivity index (χ1v) is 9.50. The van der Waals surface area contributed by atoms with Gasteiger partial charge < -0.3 is 10.0 Å². The van der Waals surface area contributed by atoms with Gasteiger partial charge in [-0.1, -0.05) is 60.7 Å². The van der Waals surface area contributed by atoms with Crippen molar-refractivity contribution in [2.45, 2.75) is 26.3 Å². The first kappa shape index (κ1) is 19.8. The van der Waals surface area contributed by atoms with Crippen LogP contribution in [0, 0.1) is 0 Å². The number of hydrogen-bond acceptors (Lipinski definition) is 3. The third-order valence-electron chi connectivity index (χ3n) is 5.00. The molecule has 144 valence electrons. The van der Waals surface area contributed by atoms with Crippen LogP contribution in [0.15, 0.2) is 60.7 Å². The molecule has 0 spiro atoms. The molecule has 1 N–H and O–H groups in total.